The molecule has 0 radical (unpaired) electrons. The van der Waals surface area contributed by atoms with Gasteiger partial charge in [-0.15, -0.1) is 11.6 Å². The minimum absolute atomic E-state index is 0.634. The molecule has 2 aromatic rings. The summed E-state index contributed by atoms with van der Waals surface area (Å²) in [6.07, 6.45) is 4.07. The highest BCUT2D eigenvalue weighted by Gasteiger charge is 2.06. The Kier molecular flexibility index (Phi) is 4.82. The van der Waals surface area contributed by atoms with Gasteiger partial charge in [-0.25, -0.2) is 0 Å². The lowest BCUT2D eigenvalue weighted by Crippen LogP contribution is -2.14. The number of nitrogens with one attached hydrogen (secondary N) is 1. The van der Waals surface area contributed by atoms with E-state index in [1.54, 1.807) is 0 Å². The Balaban J connectivity index is 2.11. The van der Waals surface area contributed by atoms with Crippen molar-refractivity contribution in [2.24, 2.45) is 5.92 Å². The van der Waals surface area contributed by atoms with Crippen LogP contribution in [-0.2, 0) is 0 Å². The quantitative estimate of drug-likeness (QED) is 0.785. The fourth-order valence-electron chi connectivity index (χ4n) is 2.11. The first-order valence-corrected chi connectivity index (χ1v) is 7.02. The Bertz CT molecular complexity index is 493. The van der Waals surface area contributed by atoms with Gasteiger partial charge in [0.25, 0.3) is 0 Å². The number of hydrogen-bond donors (Lipinski definition) is 1. The predicted molar refractivity (Wildman–Crippen MR) is 79.4 cm³/mol. The Hall–Kier alpha value is -1.28. The third-order valence-corrected chi connectivity index (χ3v) is 3.54. The number of aromatic nitrogens is 1. The molecule has 0 amide bonds. The van der Waals surface area contributed by atoms with Gasteiger partial charge in [0.1, 0.15) is 0 Å². The predicted octanol–water partition coefficient (Wildman–Crippen LogP) is 4.30. The van der Waals surface area contributed by atoms with E-state index < -0.39 is 0 Å². The van der Waals surface area contributed by atoms with Gasteiger partial charge >= 0.3 is 0 Å². The summed E-state index contributed by atoms with van der Waals surface area (Å²) in [6.45, 7) is 3.18. The highest BCUT2D eigenvalue weighted by atomic mass is 35.5. The van der Waals surface area contributed by atoms with Crippen LogP contribution in [0.25, 0.3) is 10.9 Å². The van der Waals surface area contributed by atoms with Crippen molar-refractivity contribution < 1.29 is 0 Å². The topological polar surface area (TPSA) is 24.9 Å². The van der Waals surface area contributed by atoms with Crippen molar-refractivity contribution in [3.05, 3.63) is 36.5 Å². The fourth-order valence-corrected chi connectivity index (χ4v) is 2.42. The fraction of sp³-hybridized carbons (Fsp3) is 0.400. The Labute approximate surface area is 113 Å². The molecular weight excluding hydrogens is 244 g/mol. The average Bonchev–Trinajstić information content (AvgIpc) is 2.43. The Morgan fingerprint density at radius 1 is 1.28 bits per heavy atom. The van der Waals surface area contributed by atoms with Crippen LogP contribution in [0.15, 0.2) is 36.5 Å². The van der Waals surface area contributed by atoms with Crippen LogP contribution in [0.4, 0.5) is 5.69 Å². The second kappa shape index (κ2) is 6.60. The van der Waals surface area contributed by atoms with Crippen molar-refractivity contribution in [3.63, 3.8) is 0 Å². The molecule has 0 bridgehead atoms. The molecule has 0 spiro atoms. The first kappa shape index (κ1) is 13.2. The minimum Gasteiger partial charge on any atom is -0.384 e. The number of hydrogen-bond acceptors (Lipinski definition) is 2. The lowest BCUT2D eigenvalue weighted by Gasteiger charge is -2.16. The molecule has 1 heterocycles. The Morgan fingerprint density at radius 3 is 2.89 bits per heavy atom. The second-order valence-corrected chi connectivity index (χ2v) is 4.89. The summed E-state index contributed by atoms with van der Waals surface area (Å²) < 4.78 is 0. The van der Waals surface area contributed by atoms with Gasteiger partial charge in [-0.1, -0.05) is 31.5 Å². The van der Waals surface area contributed by atoms with E-state index in [-0.39, 0.29) is 0 Å². The smallest absolute Gasteiger partial charge is 0.0722 e. The maximum absolute atomic E-state index is 5.81. The molecule has 0 fully saturated rings. The van der Waals surface area contributed by atoms with Crippen molar-refractivity contribution in [3.8, 4) is 0 Å². The van der Waals surface area contributed by atoms with Gasteiger partial charge in [-0.2, -0.15) is 0 Å². The van der Waals surface area contributed by atoms with Crippen LogP contribution in [-0.4, -0.2) is 17.4 Å². The van der Waals surface area contributed by atoms with Gasteiger partial charge in [0.05, 0.1) is 5.52 Å². The normalized spacial score (nSPS) is 12.6. The lowest BCUT2D eigenvalue weighted by atomic mass is 10.0. The summed E-state index contributed by atoms with van der Waals surface area (Å²) in [4.78, 5) is 4.36. The van der Waals surface area contributed by atoms with Crippen LogP contribution in [0.2, 0.25) is 0 Å². The summed E-state index contributed by atoms with van der Waals surface area (Å²) in [6, 6.07) is 10.2. The summed E-state index contributed by atoms with van der Waals surface area (Å²) in [5, 5.41) is 4.71. The van der Waals surface area contributed by atoms with Crippen LogP contribution >= 0.6 is 11.6 Å². The van der Waals surface area contributed by atoms with E-state index in [1.165, 1.54) is 5.39 Å². The van der Waals surface area contributed by atoms with Crippen molar-refractivity contribution in [1.82, 2.24) is 4.98 Å². The van der Waals surface area contributed by atoms with E-state index in [9.17, 15) is 0 Å². The van der Waals surface area contributed by atoms with E-state index in [0.29, 0.717) is 5.92 Å². The summed E-state index contributed by atoms with van der Waals surface area (Å²) in [7, 11) is 0. The summed E-state index contributed by atoms with van der Waals surface area (Å²) in [5.74, 6) is 1.37. The zero-order chi connectivity index (χ0) is 12.8. The zero-order valence-electron chi connectivity index (χ0n) is 10.7. The molecule has 1 N–H and O–H groups in total. The maximum atomic E-state index is 5.81. The molecule has 1 aromatic carbocycles. The number of benzene rings is 1. The summed E-state index contributed by atoms with van der Waals surface area (Å²) >= 11 is 5.81. The number of halogens is 1. The molecule has 1 aromatic heterocycles. The molecule has 1 unspecified atom stereocenters. The Morgan fingerprint density at radius 2 is 2.11 bits per heavy atom. The van der Waals surface area contributed by atoms with Gasteiger partial charge in [0.2, 0.25) is 0 Å². The molecule has 0 aliphatic rings. The number of anilines is 1. The highest BCUT2D eigenvalue weighted by Crippen LogP contribution is 2.21. The van der Waals surface area contributed by atoms with Crippen molar-refractivity contribution in [2.75, 3.05) is 17.7 Å². The SMILES string of the molecule is CCC(CCCl)CNc1ccnc2ccccc12. The number of pyridine rings is 1. The van der Waals surface area contributed by atoms with Crippen LogP contribution in [0.1, 0.15) is 19.8 Å². The largest absolute Gasteiger partial charge is 0.384 e. The number of alkyl halides is 1. The molecule has 96 valence electrons. The molecule has 2 rings (SSSR count). The van der Waals surface area contributed by atoms with E-state index in [4.69, 9.17) is 11.6 Å². The third-order valence-electron chi connectivity index (χ3n) is 3.32. The van der Waals surface area contributed by atoms with E-state index in [2.05, 4.69) is 23.3 Å². The van der Waals surface area contributed by atoms with E-state index in [1.807, 2.05) is 30.5 Å². The molecule has 0 saturated carbocycles. The molecule has 3 heteroatoms. The first-order valence-electron chi connectivity index (χ1n) is 6.48. The van der Waals surface area contributed by atoms with E-state index >= 15 is 0 Å². The van der Waals surface area contributed by atoms with Gasteiger partial charge in [0.15, 0.2) is 0 Å². The lowest BCUT2D eigenvalue weighted by molar-refractivity contribution is 0.522. The van der Waals surface area contributed by atoms with Crippen LogP contribution in [0.5, 0.6) is 0 Å². The van der Waals surface area contributed by atoms with E-state index in [0.717, 1.165) is 36.5 Å². The standard InChI is InChI=1S/C15H19ClN2/c1-2-12(7-9-16)11-18-15-8-10-17-14-6-4-3-5-13(14)15/h3-6,8,10,12H,2,7,9,11H2,1H3,(H,17,18). The molecular formula is C15H19ClN2. The second-order valence-electron chi connectivity index (χ2n) is 4.51. The number of nitrogens with zero attached hydrogens (tertiary/aromatic N) is 1. The molecule has 2 nitrogen and oxygen atoms in total. The molecule has 0 aliphatic carbocycles. The first-order chi connectivity index (χ1) is 8.85. The van der Waals surface area contributed by atoms with Crippen molar-refractivity contribution >= 4 is 28.2 Å². The molecule has 0 saturated heterocycles. The number of rotatable bonds is 6. The van der Waals surface area contributed by atoms with Crippen LogP contribution in [0.3, 0.4) is 0 Å². The number of fused-ring (bicyclic) bond motifs is 1. The van der Waals surface area contributed by atoms with Crippen molar-refractivity contribution in [1.29, 1.82) is 0 Å². The third kappa shape index (κ3) is 3.14. The van der Waals surface area contributed by atoms with Crippen molar-refractivity contribution in [2.45, 2.75) is 19.8 Å². The van der Waals surface area contributed by atoms with Gasteiger partial charge < -0.3 is 5.32 Å². The van der Waals surface area contributed by atoms with Gasteiger partial charge in [0, 0.05) is 29.7 Å². The van der Waals surface area contributed by atoms with Gasteiger partial charge in [-0.05, 0) is 24.5 Å². The summed E-state index contributed by atoms with van der Waals surface area (Å²) in [5.41, 5.74) is 2.20. The van der Waals surface area contributed by atoms with Gasteiger partial charge in [-0.3, -0.25) is 4.98 Å². The highest BCUT2D eigenvalue weighted by molar-refractivity contribution is 6.17. The monoisotopic (exact) mass is 262 g/mol. The maximum Gasteiger partial charge on any atom is 0.0722 e. The average molecular weight is 263 g/mol. The number of para-hydroxylation sites is 1. The van der Waals surface area contributed by atoms with Crippen LogP contribution < -0.4 is 5.32 Å². The zero-order valence-corrected chi connectivity index (χ0v) is 11.5. The molecule has 1 atom stereocenters. The molecule has 0 aliphatic heterocycles. The molecule has 18 heavy (non-hydrogen) atoms. The van der Waals surface area contributed by atoms with Crippen LogP contribution in [0, 0.1) is 5.92 Å². The minimum atomic E-state index is 0.634.